The minimum atomic E-state index is -1.09. The van der Waals surface area contributed by atoms with Gasteiger partial charge < -0.3 is 19.2 Å². The number of hydrogen-bond donors (Lipinski definition) is 1. The minimum Gasteiger partial charge on any atom is -0.491 e. The number of H-pyrrole nitrogens is 1. The van der Waals surface area contributed by atoms with Crippen LogP contribution in [0.25, 0.3) is 5.69 Å². The van der Waals surface area contributed by atoms with Crippen LogP contribution < -0.4 is 4.74 Å². The van der Waals surface area contributed by atoms with Gasteiger partial charge in [0.25, 0.3) is 0 Å². The number of benzene rings is 2. The molecule has 2 atom stereocenters. The van der Waals surface area contributed by atoms with Crippen LogP contribution in [0.15, 0.2) is 73.3 Å². The molecule has 32 heavy (non-hydrogen) atoms. The summed E-state index contributed by atoms with van der Waals surface area (Å²) in [6.07, 6.45) is 7.16. The largest absolute Gasteiger partial charge is 0.491 e. The number of aromatic amines is 1. The first-order valence-corrected chi connectivity index (χ1v) is 10.9. The summed E-state index contributed by atoms with van der Waals surface area (Å²) in [6.45, 7) is 0.678. The predicted octanol–water partition coefficient (Wildman–Crippen LogP) is 4.79. The lowest BCUT2D eigenvalue weighted by atomic mass is 10.0. The monoisotopic (exact) mass is 470 g/mol. The molecule has 1 aliphatic heterocycles. The molecule has 0 amide bonds. The maximum Gasteiger partial charge on any atom is 0.204 e. The number of rotatable bonds is 7. The Morgan fingerprint density at radius 3 is 2.75 bits per heavy atom. The van der Waals surface area contributed by atoms with Crippen molar-refractivity contribution in [3.05, 3.63) is 94.8 Å². The second kappa shape index (κ2) is 8.96. The van der Waals surface area contributed by atoms with E-state index in [4.69, 9.17) is 37.4 Å². The number of ether oxygens (including phenoxy) is 3. The number of hydrogen-bond acceptors (Lipinski definition) is 5. The second-order valence-electron chi connectivity index (χ2n) is 7.40. The van der Waals surface area contributed by atoms with Crippen LogP contribution in [-0.4, -0.2) is 39.1 Å². The Morgan fingerprint density at radius 1 is 1.16 bits per heavy atom. The van der Waals surface area contributed by atoms with E-state index in [1.165, 1.54) is 0 Å². The lowest BCUT2D eigenvalue weighted by Gasteiger charge is -2.29. The zero-order valence-electron chi connectivity index (χ0n) is 16.9. The third kappa shape index (κ3) is 4.38. The Bertz CT molecular complexity index is 1170. The molecule has 1 fully saturated rings. The van der Waals surface area contributed by atoms with Crippen LogP contribution in [0.1, 0.15) is 11.4 Å². The van der Waals surface area contributed by atoms with E-state index >= 15 is 0 Å². The standard InChI is InChI=1S/C23H20Cl2N4O3/c24-16-2-7-20(21(25)12-16)23(13-22-26-9-10-27-22)31-15-19(32-23)14-30-18-5-3-17(4-6-18)29-11-1-8-28-29/h1-12,19H,13-15H2,(H,26,27)/t19-,23-/m1/s1. The van der Waals surface area contributed by atoms with E-state index in [9.17, 15) is 0 Å². The van der Waals surface area contributed by atoms with Crippen LogP contribution in [0.3, 0.4) is 0 Å². The molecule has 164 valence electrons. The first-order chi connectivity index (χ1) is 15.6. The van der Waals surface area contributed by atoms with E-state index in [2.05, 4.69) is 15.1 Å². The van der Waals surface area contributed by atoms with Crippen LogP contribution in [-0.2, 0) is 21.7 Å². The maximum atomic E-state index is 6.50. The van der Waals surface area contributed by atoms with Crippen molar-refractivity contribution in [1.82, 2.24) is 19.7 Å². The summed E-state index contributed by atoms with van der Waals surface area (Å²) in [5.41, 5.74) is 1.66. The van der Waals surface area contributed by atoms with Crippen LogP contribution in [0.4, 0.5) is 0 Å². The molecule has 4 aromatic rings. The predicted molar refractivity (Wildman–Crippen MR) is 120 cm³/mol. The van der Waals surface area contributed by atoms with Crippen molar-refractivity contribution in [2.75, 3.05) is 13.2 Å². The van der Waals surface area contributed by atoms with Gasteiger partial charge in [0.05, 0.1) is 23.7 Å². The Kier molecular flexibility index (Phi) is 5.89. The van der Waals surface area contributed by atoms with Crippen molar-refractivity contribution in [2.24, 2.45) is 0 Å². The number of nitrogens with one attached hydrogen (secondary N) is 1. The van der Waals surface area contributed by atoms with Gasteiger partial charge in [0, 0.05) is 35.4 Å². The van der Waals surface area contributed by atoms with Crippen molar-refractivity contribution >= 4 is 23.2 Å². The highest BCUT2D eigenvalue weighted by atomic mass is 35.5. The third-order valence-electron chi connectivity index (χ3n) is 5.20. The van der Waals surface area contributed by atoms with Crippen molar-refractivity contribution in [1.29, 1.82) is 0 Å². The molecule has 0 radical (unpaired) electrons. The van der Waals surface area contributed by atoms with E-state index in [1.807, 2.05) is 42.6 Å². The molecular formula is C23H20Cl2N4O3. The average molecular weight is 471 g/mol. The molecule has 1 aliphatic rings. The molecule has 9 heteroatoms. The number of aromatic nitrogens is 4. The molecule has 5 rings (SSSR count). The van der Waals surface area contributed by atoms with Crippen molar-refractivity contribution < 1.29 is 14.2 Å². The van der Waals surface area contributed by atoms with E-state index in [1.54, 1.807) is 35.4 Å². The van der Waals surface area contributed by atoms with E-state index in [-0.39, 0.29) is 6.10 Å². The number of imidazole rings is 1. The van der Waals surface area contributed by atoms with Gasteiger partial charge in [-0.1, -0.05) is 29.3 Å². The molecule has 0 unspecified atom stereocenters. The van der Waals surface area contributed by atoms with Crippen molar-refractivity contribution in [2.45, 2.75) is 18.3 Å². The van der Waals surface area contributed by atoms with Gasteiger partial charge in [-0.05, 0) is 42.5 Å². The van der Waals surface area contributed by atoms with E-state index in [0.29, 0.717) is 35.2 Å². The van der Waals surface area contributed by atoms with Crippen LogP contribution >= 0.6 is 23.2 Å². The van der Waals surface area contributed by atoms with Gasteiger partial charge in [0.2, 0.25) is 5.79 Å². The summed E-state index contributed by atoms with van der Waals surface area (Å²) in [7, 11) is 0. The molecule has 2 aromatic heterocycles. The Labute approximate surface area is 194 Å². The summed E-state index contributed by atoms with van der Waals surface area (Å²) in [5.74, 6) is 0.377. The molecule has 0 bridgehead atoms. The van der Waals surface area contributed by atoms with Crippen LogP contribution in [0, 0.1) is 0 Å². The molecular weight excluding hydrogens is 451 g/mol. The summed E-state index contributed by atoms with van der Waals surface area (Å²) < 4.78 is 20.3. The number of halogens is 2. The summed E-state index contributed by atoms with van der Waals surface area (Å²) in [6, 6.07) is 14.9. The molecule has 7 nitrogen and oxygen atoms in total. The van der Waals surface area contributed by atoms with Gasteiger partial charge in [-0.15, -0.1) is 0 Å². The second-order valence-corrected chi connectivity index (χ2v) is 8.24. The quantitative estimate of drug-likeness (QED) is 0.420. The van der Waals surface area contributed by atoms with E-state index < -0.39 is 5.79 Å². The SMILES string of the molecule is Clc1ccc([C@]2(Cc3ncc[nH]3)OC[C@@H](COc3ccc(-n4cccn4)cc3)O2)c(Cl)c1. The Hall–Kier alpha value is -2.84. The zero-order chi connectivity index (χ0) is 22.0. The molecule has 1 N–H and O–H groups in total. The van der Waals surface area contributed by atoms with Crippen LogP contribution in [0.5, 0.6) is 5.75 Å². The fourth-order valence-electron chi connectivity index (χ4n) is 3.70. The van der Waals surface area contributed by atoms with Crippen molar-refractivity contribution in [3.8, 4) is 11.4 Å². The maximum absolute atomic E-state index is 6.50. The molecule has 0 aliphatic carbocycles. The normalized spacial score (nSPS) is 20.5. The topological polar surface area (TPSA) is 74.2 Å². The summed E-state index contributed by atoms with van der Waals surface area (Å²) >= 11 is 12.6. The highest BCUT2D eigenvalue weighted by molar-refractivity contribution is 6.35. The third-order valence-corrected chi connectivity index (χ3v) is 5.75. The van der Waals surface area contributed by atoms with Gasteiger partial charge in [-0.25, -0.2) is 9.67 Å². The molecule has 2 aromatic carbocycles. The van der Waals surface area contributed by atoms with Gasteiger partial charge in [-0.2, -0.15) is 5.10 Å². The lowest BCUT2D eigenvalue weighted by molar-refractivity contribution is -0.179. The number of nitrogens with zero attached hydrogens (tertiary/aromatic N) is 3. The summed E-state index contributed by atoms with van der Waals surface area (Å²) in [4.78, 5) is 7.42. The summed E-state index contributed by atoms with van der Waals surface area (Å²) in [5, 5.41) is 5.24. The minimum absolute atomic E-state index is 0.289. The lowest BCUT2D eigenvalue weighted by Crippen LogP contribution is -2.33. The smallest absolute Gasteiger partial charge is 0.204 e. The molecule has 1 saturated heterocycles. The Balaban J connectivity index is 1.30. The van der Waals surface area contributed by atoms with E-state index in [0.717, 1.165) is 17.3 Å². The van der Waals surface area contributed by atoms with Gasteiger partial charge in [0.1, 0.15) is 24.3 Å². The molecule has 0 saturated carbocycles. The molecule has 0 spiro atoms. The molecule has 3 heterocycles. The highest BCUT2D eigenvalue weighted by Crippen LogP contribution is 2.41. The van der Waals surface area contributed by atoms with Crippen molar-refractivity contribution in [3.63, 3.8) is 0 Å². The zero-order valence-corrected chi connectivity index (χ0v) is 18.5. The van der Waals surface area contributed by atoms with Gasteiger partial charge in [0.15, 0.2) is 0 Å². The van der Waals surface area contributed by atoms with Gasteiger partial charge >= 0.3 is 0 Å². The first-order valence-electron chi connectivity index (χ1n) is 10.1. The fourth-order valence-corrected chi connectivity index (χ4v) is 4.25. The Morgan fingerprint density at radius 2 is 2.03 bits per heavy atom. The van der Waals surface area contributed by atoms with Gasteiger partial charge in [-0.3, -0.25) is 0 Å². The average Bonchev–Trinajstić information content (AvgIpc) is 3.56. The first kappa shape index (κ1) is 21.0. The highest BCUT2D eigenvalue weighted by Gasteiger charge is 2.45. The fraction of sp³-hybridized carbons (Fsp3) is 0.217. The van der Waals surface area contributed by atoms with Crippen LogP contribution in [0.2, 0.25) is 10.0 Å².